The fourth-order valence-electron chi connectivity index (χ4n) is 3.34. The summed E-state index contributed by atoms with van der Waals surface area (Å²) in [6, 6.07) is 23.4. The Balaban J connectivity index is 0.00000304. The van der Waals surface area contributed by atoms with Crippen LogP contribution in [0, 0.1) is 0 Å². The molecule has 0 aliphatic carbocycles. The Morgan fingerprint density at radius 1 is 0.917 bits per heavy atom. The van der Waals surface area contributed by atoms with Gasteiger partial charge >= 0.3 is 5.97 Å². The van der Waals surface area contributed by atoms with E-state index in [1.807, 2.05) is 60.7 Å². The van der Waals surface area contributed by atoms with Crippen LogP contribution in [0.5, 0.6) is 0 Å². The number of hydrogen-bond acceptors (Lipinski definition) is 7. The number of tetrazole rings is 1. The van der Waals surface area contributed by atoms with Crippen molar-refractivity contribution >= 4 is 45.6 Å². The number of carboxylic acid groups (broad SMARTS) is 1. The maximum atomic E-state index is 12.7. The summed E-state index contributed by atoms with van der Waals surface area (Å²) in [5.74, 6) is -1.38. The highest BCUT2D eigenvalue weighted by Gasteiger charge is 2.23. The molecule has 5 aromatic rings. The van der Waals surface area contributed by atoms with Crippen LogP contribution < -0.4 is 28.0 Å². The zero-order valence-electron chi connectivity index (χ0n) is 18.4. The number of fused-ring (bicyclic) bond motifs is 1. The molecule has 180 valence electrons. The molecule has 1 amide bonds. The number of aromatic carboxylic acids is 1. The first-order valence-corrected chi connectivity index (χ1v) is 11.3. The fraction of sp³-hybridized carbons (Fsp3) is 0. The van der Waals surface area contributed by atoms with Crippen molar-refractivity contribution in [2.75, 3.05) is 5.53 Å². The van der Waals surface area contributed by atoms with Gasteiger partial charge in [-0.15, -0.1) is 10.5 Å². The summed E-state index contributed by atoms with van der Waals surface area (Å²) in [5.41, 5.74) is 6.84. The van der Waals surface area contributed by atoms with Gasteiger partial charge in [0, 0.05) is 16.1 Å². The van der Waals surface area contributed by atoms with Gasteiger partial charge in [-0.1, -0.05) is 70.6 Å². The fourth-order valence-corrected chi connectivity index (χ4v) is 4.31. The minimum absolute atomic E-state index is 0. The van der Waals surface area contributed by atoms with E-state index in [-0.39, 0.29) is 23.5 Å². The number of rotatable bonds is 7. The Bertz CT molecular complexity index is 1530. The van der Waals surface area contributed by atoms with Crippen molar-refractivity contribution in [2.45, 2.75) is 0 Å². The monoisotopic (exact) mass is 519 g/mol. The first kappa shape index (κ1) is 24.5. The van der Waals surface area contributed by atoms with Crippen LogP contribution in [0.25, 0.3) is 27.5 Å². The zero-order valence-corrected chi connectivity index (χ0v) is 20.0. The first-order valence-electron chi connectivity index (χ1n) is 10.5. The molecular weight excluding hydrogens is 502 g/mol. The van der Waals surface area contributed by atoms with Crippen molar-refractivity contribution < 1.29 is 31.8 Å². The molecule has 0 aliphatic heterocycles. The lowest BCUT2D eigenvalue weighted by atomic mass is 10.1. The number of benzene rings is 3. The molecule has 0 radical (unpaired) electrons. The average Bonchev–Trinajstić information content (AvgIpc) is 3.50. The van der Waals surface area contributed by atoms with Crippen LogP contribution >= 0.6 is 11.3 Å². The third-order valence-corrected chi connectivity index (χ3v) is 6.01. The number of nitrogens with one attached hydrogen (secondary N) is 2. The zero-order chi connectivity index (χ0) is 24.2. The van der Waals surface area contributed by atoms with Crippen LogP contribution in [-0.2, 0) is 0 Å². The quantitative estimate of drug-likeness (QED) is 0.203. The third-order valence-electron chi connectivity index (χ3n) is 5.00. The molecule has 0 atom stereocenters. The van der Waals surface area contributed by atoms with Crippen LogP contribution in [-0.4, -0.2) is 37.2 Å². The van der Waals surface area contributed by atoms with Crippen LogP contribution in [0.3, 0.4) is 0 Å². The van der Waals surface area contributed by atoms with Crippen LogP contribution in [0.1, 0.15) is 32.1 Å². The van der Waals surface area contributed by atoms with E-state index in [1.165, 1.54) is 28.4 Å². The smallest absolute Gasteiger partial charge is 0.336 e. The number of carboxylic acids is 1. The number of nitrogens with zero attached hydrogens (tertiary/aromatic N) is 5. The topological polar surface area (TPSA) is 126 Å². The summed E-state index contributed by atoms with van der Waals surface area (Å²) in [5, 5.41) is 18.3. The summed E-state index contributed by atoms with van der Waals surface area (Å²) in [7, 11) is 0. The molecule has 3 aromatic carbocycles. The van der Waals surface area contributed by atoms with Gasteiger partial charge in [-0.25, -0.2) is 10.2 Å². The summed E-state index contributed by atoms with van der Waals surface area (Å²) < 4.78 is 2.58. The number of hydrogen-bond donors (Lipinski definition) is 3. The van der Waals surface area contributed by atoms with E-state index >= 15 is 0 Å². The molecule has 36 heavy (non-hydrogen) atoms. The maximum Gasteiger partial charge on any atom is 0.336 e. The maximum absolute atomic E-state index is 12.7. The molecule has 0 spiro atoms. The van der Waals surface area contributed by atoms with E-state index in [9.17, 15) is 14.7 Å². The number of carbonyl (C=O) groups is 2. The van der Waals surface area contributed by atoms with Crippen molar-refractivity contribution in [3.8, 4) is 5.13 Å². The van der Waals surface area contributed by atoms with Crippen LogP contribution in [0.15, 0.2) is 78.9 Å². The number of hydrazine groups is 1. The molecule has 2 heterocycles. The highest BCUT2D eigenvalue weighted by molar-refractivity contribution is 7.20. The minimum Gasteiger partial charge on any atom is -1.00 e. The molecule has 10 nitrogen and oxygen atoms in total. The molecule has 2 aromatic heterocycles. The molecule has 0 saturated carbocycles. The molecule has 0 saturated heterocycles. The van der Waals surface area contributed by atoms with Crippen molar-refractivity contribution in [3.05, 3.63) is 101 Å². The number of para-hydroxylation sites is 1. The van der Waals surface area contributed by atoms with Gasteiger partial charge in [0.25, 0.3) is 16.9 Å². The normalized spacial score (nSPS) is 10.8. The van der Waals surface area contributed by atoms with E-state index in [4.69, 9.17) is 0 Å². The van der Waals surface area contributed by atoms with Crippen molar-refractivity contribution in [1.29, 1.82) is 0 Å². The van der Waals surface area contributed by atoms with E-state index in [1.54, 1.807) is 22.9 Å². The Kier molecular flexibility index (Phi) is 7.33. The number of amides is 1. The molecule has 0 bridgehead atoms. The van der Waals surface area contributed by atoms with Crippen molar-refractivity contribution in [1.82, 2.24) is 25.6 Å². The van der Waals surface area contributed by atoms with Gasteiger partial charge in [-0.3, -0.25) is 4.79 Å². The number of aromatic nitrogens is 5. The summed E-state index contributed by atoms with van der Waals surface area (Å²) in [6.45, 7) is 0. The largest absolute Gasteiger partial charge is 1.00 e. The highest BCUT2D eigenvalue weighted by atomic mass is 35.5. The van der Waals surface area contributed by atoms with Gasteiger partial charge in [-0.05, 0) is 35.9 Å². The van der Waals surface area contributed by atoms with Crippen molar-refractivity contribution in [3.63, 3.8) is 0 Å². The Morgan fingerprint density at radius 3 is 2.36 bits per heavy atom. The lowest BCUT2D eigenvalue weighted by Crippen LogP contribution is -3.00. The number of thiazole rings is 1. The predicted octanol–water partition coefficient (Wildman–Crippen LogP) is -0.0744. The van der Waals surface area contributed by atoms with E-state index < -0.39 is 11.9 Å². The Labute approximate surface area is 214 Å². The second-order valence-corrected chi connectivity index (χ2v) is 8.28. The second kappa shape index (κ2) is 10.8. The molecule has 0 fully saturated rings. The molecule has 0 aliphatic rings. The van der Waals surface area contributed by atoms with E-state index in [0.29, 0.717) is 11.0 Å². The number of carbonyl (C=O) groups excluding carboxylic acids is 1. The van der Waals surface area contributed by atoms with Gasteiger partial charge in [0.05, 0.1) is 15.8 Å². The molecule has 12 heteroatoms. The van der Waals surface area contributed by atoms with E-state index in [2.05, 4.69) is 26.3 Å². The van der Waals surface area contributed by atoms with Gasteiger partial charge < -0.3 is 17.5 Å². The third kappa shape index (κ3) is 5.06. The first-order chi connectivity index (χ1) is 17.1. The summed E-state index contributed by atoms with van der Waals surface area (Å²) in [6.07, 6.45) is 3.67. The lowest BCUT2D eigenvalue weighted by molar-refractivity contribution is -0.687. The molecule has 0 unspecified atom stereocenters. The van der Waals surface area contributed by atoms with Gasteiger partial charge in [0.15, 0.2) is 0 Å². The standard InChI is InChI=1S/C24H17N7O3S.ClH/c32-22(17-10-4-5-11-18(17)23(33)34)27-29-31-28-26-21(15-14-16-8-2-1-3-9-16)30(31)24-25-19-12-6-7-13-20(19)35-24;/h1-15,28H,(H,33,34);1H/b15-14+;. The van der Waals surface area contributed by atoms with Crippen LogP contribution in [0.2, 0.25) is 0 Å². The summed E-state index contributed by atoms with van der Waals surface area (Å²) in [4.78, 5) is 30.1. The average molecular weight is 520 g/mol. The van der Waals surface area contributed by atoms with E-state index in [0.717, 1.165) is 15.8 Å². The van der Waals surface area contributed by atoms with Gasteiger partial charge in [0.2, 0.25) is 0 Å². The predicted molar refractivity (Wildman–Crippen MR) is 130 cm³/mol. The summed E-state index contributed by atoms with van der Waals surface area (Å²) >= 11 is 1.43. The molecular formula is C24H18ClN7O3S. The molecule has 3 N–H and O–H groups in total. The minimum atomic E-state index is -1.20. The van der Waals surface area contributed by atoms with Gasteiger partial charge in [0.1, 0.15) is 10.7 Å². The molecule has 5 rings (SSSR count). The van der Waals surface area contributed by atoms with Crippen LogP contribution in [0.4, 0.5) is 0 Å². The Hall–Kier alpha value is -4.61. The highest BCUT2D eigenvalue weighted by Crippen LogP contribution is 2.21. The van der Waals surface area contributed by atoms with Gasteiger partial charge in [-0.2, -0.15) is 0 Å². The number of halogens is 1. The second-order valence-electron chi connectivity index (χ2n) is 7.27. The Morgan fingerprint density at radius 2 is 1.61 bits per heavy atom. The SMILES string of the molecule is O=C(O)c1ccccc1C(=O)NNn1nnc(/C=C/c2ccccc2)[n+]1-c1nc2ccccc2s1.[Cl-]. The van der Waals surface area contributed by atoms with Crippen molar-refractivity contribution in [2.24, 2.45) is 0 Å². The lowest BCUT2D eigenvalue weighted by Gasteiger charge is -2.07.